The summed E-state index contributed by atoms with van der Waals surface area (Å²) < 4.78 is 5.40. The Labute approximate surface area is 96.6 Å². The van der Waals surface area contributed by atoms with Crippen LogP contribution in [0.15, 0.2) is 12.2 Å². The first kappa shape index (κ1) is 12.6. The zero-order chi connectivity index (χ0) is 11.5. The fourth-order valence-corrected chi connectivity index (χ4v) is 1.60. The smallest absolute Gasteiger partial charge is 0.311 e. The van der Waals surface area contributed by atoms with Gasteiger partial charge in [0.15, 0.2) is 0 Å². The highest BCUT2D eigenvalue weighted by molar-refractivity contribution is 6.21. The van der Waals surface area contributed by atoms with E-state index in [0.717, 1.165) is 19.3 Å². The van der Waals surface area contributed by atoms with E-state index in [1.54, 1.807) is 0 Å². The van der Waals surface area contributed by atoms with Crippen molar-refractivity contribution in [2.24, 2.45) is 5.41 Å². The van der Waals surface area contributed by atoms with Crippen LogP contribution >= 0.6 is 11.6 Å². The van der Waals surface area contributed by atoms with Gasteiger partial charge in [-0.05, 0) is 46.1 Å². The molecule has 0 aliphatic heterocycles. The third-order valence-corrected chi connectivity index (χ3v) is 2.74. The molecule has 0 radical (unpaired) electrons. The molecule has 0 saturated heterocycles. The Bertz CT molecular complexity index is 253. The lowest BCUT2D eigenvalue weighted by Crippen LogP contribution is -2.27. The molecule has 3 heteroatoms. The fourth-order valence-electron chi connectivity index (χ4n) is 1.36. The molecule has 1 aliphatic rings. The first-order chi connectivity index (χ1) is 6.89. The SMILES string of the molecule is CC(C)(C)C(=O)O[C@H]1C=C[C@@H](Cl)CCC1. The average molecular weight is 231 g/mol. The van der Waals surface area contributed by atoms with Crippen LogP contribution < -0.4 is 0 Å². The number of allylic oxidation sites excluding steroid dienone is 1. The molecule has 0 heterocycles. The molecule has 0 aromatic carbocycles. The van der Waals surface area contributed by atoms with Gasteiger partial charge in [-0.25, -0.2) is 0 Å². The fraction of sp³-hybridized carbons (Fsp3) is 0.750. The molecule has 0 N–H and O–H groups in total. The Kier molecular flexibility index (Phi) is 4.21. The molecule has 1 aliphatic carbocycles. The van der Waals surface area contributed by atoms with E-state index in [1.165, 1.54) is 0 Å². The summed E-state index contributed by atoms with van der Waals surface area (Å²) in [4.78, 5) is 11.6. The highest BCUT2D eigenvalue weighted by atomic mass is 35.5. The summed E-state index contributed by atoms with van der Waals surface area (Å²) in [5, 5.41) is 0.0864. The number of esters is 1. The van der Waals surface area contributed by atoms with Gasteiger partial charge in [0, 0.05) is 0 Å². The number of carbonyl (C=O) groups excluding carboxylic acids is 1. The second kappa shape index (κ2) is 5.02. The van der Waals surface area contributed by atoms with Gasteiger partial charge in [0.1, 0.15) is 6.10 Å². The van der Waals surface area contributed by atoms with Crippen LogP contribution in [0.5, 0.6) is 0 Å². The lowest BCUT2D eigenvalue weighted by atomic mass is 9.97. The molecule has 0 aromatic heterocycles. The van der Waals surface area contributed by atoms with Gasteiger partial charge in [0.25, 0.3) is 0 Å². The molecular formula is C12H19ClO2. The summed E-state index contributed by atoms with van der Waals surface area (Å²) in [5.74, 6) is -0.148. The predicted molar refractivity (Wildman–Crippen MR) is 62.0 cm³/mol. The molecule has 0 bridgehead atoms. The van der Waals surface area contributed by atoms with Crippen LogP contribution in [-0.4, -0.2) is 17.5 Å². The van der Waals surface area contributed by atoms with E-state index < -0.39 is 5.41 Å². The molecule has 0 unspecified atom stereocenters. The van der Waals surface area contributed by atoms with Crippen LogP contribution in [0, 0.1) is 5.41 Å². The quantitative estimate of drug-likeness (QED) is 0.393. The van der Waals surface area contributed by atoms with Gasteiger partial charge in [0.05, 0.1) is 10.8 Å². The van der Waals surface area contributed by atoms with Crippen molar-refractivity contribution in [1.82, 2.24) is 0 Å². The van der Waals surface area contributed by atoms with Crippen molar-refractivity contribution < 1.29 is 9.53 Å². The highest BCUT2D eigenvalue weighted by Crippen LogP contribution is 2.22. The van der Waals surface area contributed by atoms with Crippen molar-refractivity contribution in [3.05, 3.63) is 12.2 Å². The Morgan fingerprint density at radius 2 is 2.00 bits per heavy atom. The average Bonchev–Trinajstić information content (AvgIpc) is 2.29. The van der Waals surface area contributed by atoms with Crippen LogP contribution in [0.3, 0.4) is 0 Å². The summed E-state index contributed by atoms with van der Waals surface area (Å²) in [6.45, 7) is 5.58. The molecule has 86 valence electrons. The molecule has 1 rings (SSSR count). The minimum absolute atomic E-state index is 0.0864. The maximum Gasteiger partial charge on any atom is 0.311 e. The summed E-state index contributed by atoms with van der Waals surface area (Å²) in [6.07, 6.45) is 6.58. The number of halogens is 1. The zero-order valence-corrected chi connectivity index (χ0v) is 10.4. The van der Waals surface area contributed by atoms with Gasteiger partial charge in [-0.15, -0.1) is 11.6 Å². The van der Waals surface area contributed by atoms with E-state index in [4.69, 9.17) is 16.3 Å². The van der Waals surface area contributed by atoms with Crippen molar-refractivity contribution in [2.75, 3.05) is 0 Å². The summed E-state index contributed by atoms with van der Waals surface area (Å²) in [6, 6.07) is 0. The van der Waals surface area contributed by atoms with Crippen molar-refractivity contribution in [2.45, 2.75) is 51.5 Å². The van der Waals surface area contributed by atoms with Crippen LogP contribution in [0.1, 0.15) is 40.0 Å². The largest absolute Gasteiger partial charge is 0.458 e. The molecule has 0 amide bonds. The molecule has 15 heavy (non-hydrogen) atoms. The molecule has 0 fully saturated rings. The summed E-state index contributed by atoms with van der Waals surface area (Å²) in [7, 11) is 0. The molecule has 0 saturated carbocycles. The minimum atomic E-state index is -0.430. The van der Waals surface area contributed by atoms with Crippen LogP contribution in [0.4, 0.5) is 0 Å². The van der Waals surface area contributed by atoms with Gasteiger partial charge in [-0.2, -0.15) is 0 Å². The molecule has 0 aromatic rings. The maximum atomic E-state index is 11.6. The molecule has 2 nitrogen and oxygen atoms in total. The number of carbonyl (C=O) groups is 1. The van der Waals surface area contributed by atoms with Crippen LogP contribution in [-0.2, 0) is 9.53 Å². The normalized spacial score (nSPS) is 27.2. The van der Waals surface area contributed by atoms with E-state index in [0.29, 0.717) is 0 Å². The summed E-state index contributed by atoms with van der Waals surface area (Å²) >= 11 is 5.99. The first-order valence-electron chi connectivity index (χ1n) is 5.43. The Hall–Kier alpha value is -0.500. The van der Waals surface area contributed by atoms with Gasteiger partial charge in [0.2, 0.25) is 0 Å². The lowest BCUT2D eigenvalue weighted by Gasteiger charge is -2.20. The number of alkyl halides is 1. The Morgan fingerprint density at radius 3 is 2.60 bits per heavy atom. The molecule has 0 spiro atoms. The number of ether oxygens (including phenoxy) is 1. The number of hydrogen-bond donors (Lipinski definition) is 0. The molecule has 2 atom stereocenters. The van der Waals surface area contributed by atoms with E-state index in [1.807, 2.05) is 32.9 Å². The van der Waals surface area contributed by atoms with E-state index in [-0.39, 0.29) is 17.5 Å². The van der Waals surface area contributed by atoms with Crippen LogP contribution in [0.25, 0.3) is 0 Å². The van der Waals surface area contributed by atoms with E-state index >= 15 is 0 Å². The zero-order valence-electron chi connectivity index (χ0n) is 9.63. The van der Waals surface area contributed by atoms with Crippen molar-refractivity contribution in [3.63, 3.8) is 0 Å². The monoisotopic (exact) mass is 230 g/mol. The number of rotatable bonds is 1. The summed E-state index contributed by atoms with van der Waals surface area (Å²) in [5.41, 5.74) is -0.430. The van der Waals surface area contributed by atoms with Gasteiger partial charge in [-0.1, -0.05) is 6.08 Å². The third-order valence-electron chi connectivity index (χ3n) is 2.37. The van der Waals surface area contributed by atoms with Crippen LogP contribution in [0.2, 0.25) is 0 Å². The number of hydrogen-bond acceptors (Lipinski definition) is 2. The lowest BCUT2D eigenvalue weighted by molar-refractivity contribution is -0.156. The second-order valence-electron chi connectivity index (χ2n) is 5.03. The topological polar surface area (TPSA) is 26.3 Å². The first-order valence-corrected chi connectivity index (χ1v) is 5.87. The third kappa shape index (κ3) is 4.25. The van der Waals surface area contributed by atoms with Crippen molar-refractivity contribution in [3.8, 4) is 0 Å². The maximum absolute atomic E-state index is 11.6. The minimum Gasteiger partial charge on any atom is -0.458 e. The van der Waals surface area contributed by atoms with Crippen molar-refractivity contribution in [1.29, 1.82) is 0 Å². The van der Waals surface area contributed by atoms with Gasteiger partial charge in [-0.3, -0.25) is 4.79 Å². The Morgan fingerprint density at radius 1 is 1.33 bits per heavy atom. The van der Waals surface area contributed by atoms with Gasteiger partial charge >= 0.3 is 5.97 Å². The van der Waals surface area contributed by atoms with E-state index in [2.05, 4.69) is 0 Å². The second-order valence-corrected chi connectivity index (χ2v) is 5.59. The Balaban J connectivity index is 2.51. The van der Waals surface area contributed by atoms with E-state index in [9.17, 15) is 4.79 Å². The predicted octanol–water partition coefficient (Wildman–Crippen LogP) is 3.29. The molecular weight excluding hydrogens is 212 g/mol. The standard InChI is InChI=1S/C12H19ClO2/c1-12(2,3)11(14)15-10-6-4-5-9(13)7-8-10/h7-10H,4-6H2,1-3H3/t9-,10+/m0/s1. The van der Waals surface area contributed by atoms with Gasteiger partial charge < -0.3 is 4.74 Å². The highest BCUT2D eigenvalue weighted by Gasteiger charge is 2.26. The van der Waals surface area contributed by atoms with Crippen molar-refractivity contribution >= 4 is 17.6 Å².